The third-order valence-corrected chi connectivity index (χ3v) is 7.62. The van der Waals surface area contributed by atoms with Gasteiger partial charge in [-0.25, -0.2) is 9.97 Å². The Labute approximate surface area is 183 Å². The zero-order valence-corrected chi connectivity index (χ0v) is 18.7. The summed E-state index contributed by atoms with van der Waals surface area (Å²) in [5, 5.41) is 14.1. The molecule has 5 aliphatic rings. The first-order valence-corrected chi connectivity index (χ1v) is 11.6. The van der Waals surface area contributed by atoms with Crippen molar-refractivity contribution >= 4 is 11.9 Å². The minimum absolute atomic E-state index is 0.105. The maximum atomic E-state index is 13.3. The second kappa shape index (κ2) is 7.98. The van der Waals surface area contributed by atoms with Crippen LogP contribution in [0.1, 0.15) is 62.0 Å². The van der Waals surface area contributed by atoms with E-state index in [1.54, 1.807) is 13.3 Å². The highest BCUT2D eigenvalue weighted by atomic mass is 16.5. The molecule has 1 aromatic heterocycles. The number of amides is 1. The molecule has 4 saturated carbocycles. The summed E-state index contributed by atoms with van der Waals surface area (Å²) in [5.74, 6) is 1.82. The van der Waals surface area contributed by atoms with Crippen LogP contribution in [0.2, 0.25) is 0 Å². The number of anilines is 1. The number of carbonyl (C=O) groups excluding carboxylic acids is 1. The average molecular weight is 431 g/mol. The predicted octanol–water partition coefficient (Wildman–Crippen LogP) is 1.91. The molecule has 4 atom stereocenters. The lowest BCUT2D eigenvalue weighted by Crippen LogP contribution is -2.61. The van der Waals surface area contributed by atoms with Gasteiger partial charge in [0.15, 0.2) is 0 Å². The molecule has 6 rings (SSSR count). The Morgan fingerprint density at radius 2 is 1.94 bits per heavy atom. The highest BCUT2D eigenvalue weighted by Crippen LogP contribution is 2.55. The van der Waals surface area contributed by atoms with Crippen molar-refractivity contribution in [1.29, 1.82) is 0 Å². The zero-order chi connectivity index (χ0) is 21.8. The fraction of sp³-hybridized carbons (Fsp3) is 0.783. The van der Waals surface area contributed by atoms with Crippen LogP contribution in [0.4, 0.5) is 5.95 Å². The number of nitrogens with one attached hydrogen (secondary N) is 1. The molecule has 0 spiro atoms. The van der Waals surface area contributed by atoms with E-state index >= 15 is 0 Å². The standard InChI is InChI=1S/C23H34N4O4/c1-13-10-27(11-14(2)31-13)22-24-9-18(19(25-22)12-30-3)21(28)26-20-16-4-15-5-17(20)8-23(29,6-15)7-16/h9,13-17,20,29H,4-8,10-12H2,1-3H3,(H,26,28). The van der Waals surface area contributed by atoms with Crippen LogP contribution in [0.15, 0.2) is 6.20 Å². The van der Waals surface area contributed by atoms with E-state index in [1.165, 1.54) is 0 Å². The number of aromatic nitrogens is 2. The summed E-state index contributed by atoms with van der Waals surface area (Å²) in [4.78, 5) is 24.6. The van der Waals surface area contributed by atoms with E-state index in [1.807, 2.05) is 13.8 Å². The Balaban J connectivity index is 1.34. The van der Waals surface area contributed by atoms with Crippen LogP contribution >= 0.6 is 0 Å². The van der Waals surface area contributed by atoms with Gasteiger partial charge in [-0.1, -0.05) is 0 Å². The van der Waals surface area contributed by atoms with Gasteiger partial charge >= 0.3 is 0 Å². The molecule has 1 amide bonds. The van der Waals surface area contributed by atoms with E-state index in [0.717, 1.165) is 45.2 Å². The summed E-state index contributed by atoms with van der Waals surface area (Å²) in [5.41, 5.74) is 0.586. The van der Waals surface area contributed by atoms with Gasteiger partial charge in [-0.2, -0.15) is 0 Å². The largest absolute Gasteiger partial charge is 0.390 e. The average Bonchev–Trinajstić information content (AvgIpc) is 2.69. The van der Waals surface area contributed by atoms with Gasteiger partial charge in [-0.3, -0.25) is 4.79 Å². The van der Waals surface area contributed by atoms with Gasteiger partial charge < -0.3 is 24.8 Å². The van der Waals surface area contributed by atoms with Crippen molar-refractivity contribution in [3.8, 4) is 0 Å². The molecule has 4 aliphatic carbocycles. The SMILES string of the molecule is COCc1nc(N2CC(C)OC(C)C2)ncc1C(=O)NC1C2CC3CC1CC(O)(C3)C2. The first-order valence-electron chi connectivity index (χ1n) is 11.6. The van der Waals surface area contributed by atoms with E-state index in [0.29, 0.717) is 35.0 Å². The third-order valence-electron chi connectivity index (χ3n) is 7.62. The number of morpholine rings is 1. The normalized spacial score (nSPS) is 39.0. The molecule has 31 heavy (non-hydrogen) atoms. The Morgan fingerprint density at radius 1 is 1.26 bits per heavy atom. The van der Waals surface area contributed by atoms with Crippen molar-refractivity contribution in [2.24, 2.45) is 17.8 Å². The predicted molar refractivity (Wildman–Crippen MR) is 115 cm³/mol. The van der Waals surface area contributed by atoms with E-state index in [2.05, 4.69) is 15.2 Å². The molecule has 170 valence electrons. The molecule has 0 aromatic carbocycles. The third kappa shape index (κ3) is 4.05. The van der Waals surface area contributed by atoms with Gasteiger partial charge in [0.2, 0.25) is 5.95 Å². The van der Waals surface area contributed by atoms with E-state index in [9.17, 15) is 9.90 Å². The fourth-order valence-corrected chi connectivity index (χ4v) is 6.78. The van der Waals surface area contributed by atoms with Crippen LogP contribution < -0.4 is 10.2 Å². The quantitative estimate of drug-likeness (QED) is 0.736. The second-order valence-corrected chi connectivity index (χ2v) is 10.3. The van der Waals surface area contributed by atoms with Crippen LogP contribution in [0, 0.1) is 17.8 Å². The molecule has 4 bridgehead atoms. The van der Waals surface area contributed by atoms with Crippen molar-refractivity contribution < 1.29 is 19.4 Å². The van der Waals surface area contributed by atoms with Crippen molar-refractivity contribution in [3.63, 3.8) is 0 Å². The highest BCUT2D eigenvalue weighted by Gasteiger charge is 2.55. The first-order chi connectivity index (χ1) is 14.8. The van der Waals surface area contributed by atoms with Gasteiger partial charge in [-0.15, -0.1) is 0 Å². The molecule has 2 heterocycles. The van der Waals surface area contributed by atoms with E-state index in [-0.39, 0.29) is 30.8 Å². The summed E-state index contributed by atoms with van der Waals surface area (Å²) in [6.07, 6.45) is 6.61. The fourth-order valence-electron chi connectivity index (χ4n) is 6.78. The number of hydrogen-bond donors (Lipinski definition) is 2. The van der Waals surface area contributed by atoms with Crippen LogP contribution in [0.5, 0.6) is 0 Å². The van der Waals surface area contributed by atoms with Crippen LogP contribution in [-0.2, 0) is 16.1 Å². The molecule has 0 radical (unpaired) electrons. The van der Waals surface area contributed by atoms with Crippen molar-refractivity contribution in [2.45, 2.75) is 76.4 Å². The number of hydrogen-bond acceptors (Lipinski definition) is 7. The van der Waals surface area contributed by atoms with Crippen LogP contribution in [0.25, 0.3) is 0 Å². The summed E-state index contributed by atoms with van der Waals surface area (Å²) in [6.45, 7) is 5.78. The summed E-state index contributed by atoms with van der Waals surface area (Å²) in [7, 11) is 1.61. The number of rotatable bonds is 5. The lowest BCUT2D eigenvalue weighted by molar-refractivity contribution is -0.136. The van der Waals surface area contributed by atoms with Gasteiger partial charge in [-0.05, 0) is 63.7 Å². The summed E-state index contributed by atoms with van der Waals surface area (Å²) >= 11 is 0. The molecule has 1 saturated heterocycles. The summed E-state index contributed by atoms with van der Waals surface area (Å²) < 4.78 is 11.2. The van der Waals surface area contributed by atoms with Gasteiger partial charge in [0.05, 0.1) is 35.7 Å². The van der Waals surface area contributed by atoms with Crippen molar-refractivity contribution in [1.82, 2.24) is 15.3 Å². The number of aliphatic hydroxyl groups is 1. The Kier molecular flexibility index (Phi) is 5.43. The summed E-state index contributed by atoms with van der Waals surface area (Å²) in [6, 6.07) is 0.125. The Bertz CT molecular complexity index is 823. The van der Waals surface area contributed by atoms with Gasteiger partial charge in [0.25, 0.3) is 5.91 Å². The van der Waals surface area contributed by atoms with E-state index < -0.39 is 5.60 Å². The highest BCUT2D eigenvalue weighted by molar-refractivity contribution is 5.95. The maximum absolute atomic E-state index is 13.3. The first kappa shape index (κ1) is 21.1. The number of nitrogens with zero attached hydrogens (tertiary/aromatic N) is 3. The minimum Gasteiger partial charge on any atom is -0.390 e. The maximum Gasteiger partial charge on any atom is 0.255 e. The van der Waals surface area contributed by atoms with Crippen molar-refractivity contribution in [2.75, 3.05) is 25.1 Å². The van der Waals surface area contributed by atoms with Gasteiger partial charge in [0, 0.05) is 32.4 Å². The zero-order valence-electron chi connectivity index (χ0n) is 18.7. The van der Waals surface area contributed by atoms with E-state index in [4.69, 9.17) is 14.5 Å². The molecular formula is C23H34N4O4. The Morgan fingerprint density at radius 3 is 2.55 bits per heavy atom. The molecule has 1 aromatic rings. The van der Waals surface area contributed by atoms with Crippen LogP contribution in [0.3, 0.4) is 0 Å². The minimum atomic E-state index is -0.504. The molecule has 4 unspecified atom stereocenters. The Hall–Kier alpha value is -1.77. The molecule has 8 nitrogen and oxygen atoms in total. The van der Waals surface area contributed by atoms with Crippen LogP contribution in [-0.4, -0.2) is 65.0 Å². The van der Waals surface area contributed by atoms with Gasteiger partial charge in [0.1, 0.15) is 0 Å². The molecule has 1 aliphatic heterocycles. The smallest absolute Gasteiger partial charge is 0.255 e. The molecule has 2 N–H and O–H groups in total. The lowest BCUT2D eigenvalue weighted by Gasteiger charge is -2.58. The molecular weight excluding hydrogens is 396 g/mol. The molecule has 8 heteroatoms. The second-order valence-electron chi connectivity index (χ2n) is 10.3. The lowest BCUT2D eigenvalue weighted by atomic mass is 9.52. The number of methoxy groups -OCH3 is 1. The topological polar surface area (TPSA) is 96.8 Å². The van der Waals surface area contributed by atoms with Crippen molar-refractivity contribution in [3.05, 3.63) is 17.5 Å². The molecule has 5 fully saturated rings. The number of ether oxygens (including phenoxy) is 2. The monoisotopic (exact) mass is 430 g/mol. The number of carbonyl (C=O) groups is 1.